The zero-order valence-corrected chi connectivity index (χ0v) is 23.6. The van der Waals surface area contributed by atoms with Crippen LogP contribution in [0, 0.1) is 11.7 Å². The molecule has 0 saturated carbocycles. The topological polar surface area (TPSA) is 23.6 Å². The number of benzene rings is 3. The summed E-state index contributed by atoms with van der Waals surface area (Å²) in [6, 6.07) is 17.6. The van der Waals surface area contributed by atoms with Crippen LogP contribution in [-0.4, -0.2) is 35.8 Å². The number of nitrogens with zero attached hydrogens (tertiary/aromatic N) is 2. The van der Waals surface area contributed by atoms with E-state index in [-0.39, 0.29) is 11.5 Å². The van der Waals surface area contributed by atoms with Gasteiger partial charge in [-0.1, -0.05) is 54.6 Å². The smallest absolute Gasteiger partial charge is 0.335 e. The number of alkyl halides is 5. The largest absolute Gasteiger partial charge is 0.416 e. The second kappa shape index (κ2) is 13.2. The molecule has 3 aromatic carbocycles. The minimum atomic E-state index is -4.84. The number of allylic oxidation sites excluding steroid dienone is 1. The Labute approximate surface area is 242 Å². The second-order valence-electron chi connectivity index (χ2n) is 11.0. The van der Waals surface area contributed by atoms with Gasteiger partial charge in [-0.2, -0.15) is 13.2 Å². The van der Waals surface area contributed by atoms with E-state index in [0.717, 1.165) is 25.2 Å². The Hall–Kier alpha value is -3.59. The van der Waals surface area contributed by atoms with Gasteiger partial charge in [0.05, 0.1) is 18.0 Å². The van der Waals surface area contributed by atoms with Gasteiger partial charge < -0.3 is 4.90 Å². The zero-order chi connectivity index (χ0) is 30.5. The van der Waals surface area contributed by atoms with E-state index in [1.807, 2.05) is 25.2 Å². The average Bonchev–Trinajstić information content (AvgIpc) is 2.93. The monoisotopic (exact) mass is 588 g/mol. The van der Waals surface area contributed by atoms with E-state index in [1.165, 1.54) is 17.7 Å². The third-order valence-electron chi connectivity index (χ3n) is 7.52. The Morgan fingerprint density at radius 2 is 1.62 bits per heavy atom. The molecule has 0 aliphatic carbocycles. The molecule has 0 radical (unpaired) electrons. The van der Waals surface area contributed by atoms with E-state index in [0.29, 0.717) is 37.9 Å². The van der Waals surface area contributed by atoms with Crippen molar-refractivity contribution in [3.05, 3.63) is 119 Å². The fourth-order valence-electron chi connectivity index (χ4n) is 5.35. The van der Waals surface area contributed by atoms with Gasteiger partial charge in [0.2, 0.25) is 5.91 Å². The molecule has 1 aliphatic heterocycles. The molecule has 0 bridgehead atoms. The van der Waals surface area contributed by atoms with Gasteiger partial charge in [0.15, 0.2) is 0 Å². The van der Waals surface area contributed by atoms with Gasteiger partial charge in [0.25, 0.3) is 5.92 Å². The first-order chi connectivity index (χ1) is 19.8. The molecular formula is C33H34F6N2O. The average molecular weight is 589 g/mol. The molecule has 3 nitrogen and oxygen atoms in total. The van der Waals surface area contributed by atoms with Crippen LogP contribution in [0.15, 0.2) is 84.9 Å². The molecule has 2 unspecified atom stereocenters. The van der Waals surface area contributed by atoms with Crippen molar-refractivity contribution in [1.82, 2.24) is 9.80 Å². The fourth-order valence-corrected chi connectivity index (χ4v) is 5.35. The van der Waals surface area contributed by atoms with Crippen LogP contribution in [0.1, 0.15) is 53.6 Å². The maximum atomic E-state index is 14.0. The molecule has 3 aromatic rings. The summed E-state index contributed by atoms with van der Waals surface area (Å²) in [5.41, 5.74) is -0.245. The third kappa shape index (κ3) is 8.47. The molecule has 9 heteroatoms. The summed E-state index contributed by atoms with van der Waals surface area (Å²) in [5.74, 6) is -4.29. The summed E-state index contributed by atoms with van der Waals surface area (Å²) >= 11 is 0. The highest BCUT2D eigenvalue weighted by molar-refractivity contribution is 5.79. The molecule has 2 atom stereocenters. The normalized spacial score (nSPS) is 18.2. The van der Waals surface area contributed by atoms with Crippen molar-refractivity contribution in [3.63, 3.8) is 0 Å². The lowest BCUT2D eigenvalue weighted by Gasteiger charge is -2.39. The number of likely N-dealkylation sites (tertiary alicyclic amines) is 1. The van der Waals surface area contributed by atoms with Crippen LogP contribution in [0.4, 0.5) is 26.3 Å². The van der Waals surface area contributed by atoms with Crippen LogP contribution in [0.25, 0.3) is 0 Å². The highest BCUT2D eigenvalue weighted by Gasteiger charge is 2.36. The number of amides is 1. The first kappa shape index (κ1) is 31.3. The summed E-state index contributed by atoms with van der Waals surface area (Å²) in [6.07, 6.45) is 0.0650. The minimum absolute atomic E-state index is 0.119. The Morgan fingerprint density at radius 1 is 0.952 bits per heavy atom. The summed E-state index contributed by atoms with van der Waals surface area (Å²) in [6.45, 7) is 2.36. The number of carbonyl (C=O) groups is 1. The quantitative estimate of drug-likeness (QED) is 0.186. The Kier molecular flexibility index (Phi) is 9.82. The molecule has 0 spiro atoms. The number of halogens is 6. The highest BCUT2D eigenvalue weighted by Crippen LogP contribution is 2.38. The highest BCUT2D eigenvalue weighted by atomic mass is 19.4. The lowest BCUT2D eigenvalue weighted by Crippen LogP contribution is -2.41. The number of rotatable bonds is 9. The van der Waals surface area contributed by atoms with Gasteiger partial charge in [0, 0.05) is 32.1 Å². The molecule has 1 aliphatic rings. The second-order valence-corrected chi connectivity index (χ2v) is 11.0. The van der Waals surface area contributed by atoms with E-state index in [1.54, 1.807) is 17.0 Å². The van der Waals surface area contributed by atoms with E-state index < -0.39 is 47.4 Å². The molecule has 4 rings (SSSR count). The number of likely N-dealkylation sites (N-methyl/N-ethyl adjacent to an activating group) is 1. The van der Waals surface area contributed by atoms with Crippen molar-refractivity contribution in [2.75, 3.05) is 20.1 Å². The number of carbonyl (C=O) groups excluding carboxylic acids is 1. The number of piperidine rings is 1. The van der Waals surface area contributed by atoms with Gasteiger partial charge in [-0.3, -0.25) is 9.69 Å². The van der Waals surface area contributed by atoms with Gasteiger partial charge >= 0.3 is 6.18 Å². The van der Waals surface area contributed by atoms with Crippen molar-refractivity contribution < 1.29 is 31.1 Å². The van der Waals surface area contributed by atoms with Crippen LogP contribution in [0.5, 0.6) is 0 Å². The Bertz CT molecular complexity index is 1330. The van der Waals surface area contributed by atoms with Crippen LogP contribution in [-0.2, 0) is 29.9 Å². The molecular weight excluding hydrogens is 554 g/mol. The van der Waals surface area contributed by atoms with Crippen LogP contribution in [0.2, 0.25) is 0 Å². The number of hydrogen-bond acceptors (Lipinski definition) is 2. The Balaban J connectivity index is 1.50. The predicted molar refractivity (Wildman–Crippen MR) is 150 cm³/mol. The van der Waals surface area contributed by atoms with E-state index in [2.05, 4.69) is 29.2 Å². The van der Waals surface area contributed by atoms with Gasteiger partial charge in [-0.15, -0.1) is 0 Å². The Morgan fingerprint density at radius 3 is 2.26 bits per heavy atom. The lowest BCUT2D eigenvalue weighted by atomic mass is 9.86. The summed E-state index contributed by atoms with van der Waals surface area (Å²) in [4.78, 5) is 17.2. The van der Waals surface area contributed by atoms with Crippen molar-refractivity contribution in [2.45, 2.75) is 50.9 Å². The lowest BCUT2D eigenvalue weighted by molar-refractivity contribution is -0.138. The number of hydrogen-bond donors (Lipinski definition) is 0. The first-order valence-electron chi connectivity index (χ1n) is 13.8. The van der Waals surface area contributed by atoms with Crippen LogP contribution < -0.4 is 0 Å². The summed E-state index contributed by atoms with van der Waals surface area (Å²) in [5, 5.41) is 0. The molecule has 1 saturated heterocycles. The standard InChI is InChI=1S/C33H34F6N2O/c1-32(35,36)27-17-25(18-28(21-27)33(37,38)39)20-31(42)41-16-14-23(19-30(41)26-10-12-29(34)13-11-26)9-6-15-40(2)22-24-7-4-3-5-8-24/h3-13,17-18,21,23,30H,14-16,19-20,22H2,1-2H3. The van der Waals surface area contributed by atoms with E-state index >= 15 is 0 Å². The van der Waals surface area contributed by atoms with Crippen molar-refractivity contribution in [2.24, 2.45) is 5.92 Å². The van der Waals surface area contributed by atoms with Crippen molar-refractivity contribution in [3.8, 4) is 0 Å². The van der Waals surface area contributed by atoms with Gasteiger partial charge in [-0.05, 0) is 72.8 Å². The van der Waals surface area contributed by atoms with E-state index in [9.17, 15) is 31.1 Å². The van der Waals surface area contributed by atoms with Crippen LogP contribution >= 0.6 is 0 Å². The van der Waals surface area contributed by atoms with Crippen molar-refractivity contribution in [1.29, 1.82) is 0 Å². The SMILES string of the molecule is CN(CC=CC1CCN(C(=O)Cc2cc(C(C)(F)F)cc(C(F)(F)F)c2)C(c2ccc(F)cc2)C1)Cc1ccccc1. The maximum absolute atomic E-state index is 14.0. The summed E-state index contributed by atoms with van der Waals surface area (Å²) in [7, 11) is 2.02. The minimum Gasteiger partial charge on any atom is -0.335 e. The fraction of sp³-hybridized carbons (Fsp3) is 0.364. The van der Waals surface area contributed by atoms with E-state index in [4.69, 9.17) is 0 Å². The molecule has 1 fully saturated rings. The zero-order valence-electron chi connectivity index (χ0n) is 23.6. The molecule has 224 valence electrons. The first-order valence-corrected chi connectivity index (χ1v) is 13.8. The molecule has 42 heavy (non-hydrogen) atoms. The molecule has 1 heterocycles. The molecule has 0 N–H and O–H groups in total. The molecule has 0 aromatic heterocycles. The van der Waals surface area contributed by atoms with Crippen molar-refractivity contribution >= 4 is 5.91 Å². The summed E-state index contributed by atoms with van der Waals surface area (Å²) < 4.78 is 82.1. The predicted octanol–water partition coefficient (Wildman–Crippen LogP) is 8.17. The van der Waals surface area contributed by atoms with Gasteiger partial charge in [0.1, 0.15) is 5.82 Å². The van der Waals surface area contributed by atoms with Crippen LogP contribution in [0.3, 0.4) is 0 Å². The third-order valence-corrected chi connectivity index (χ3v) is 7.52. The van der Waals surface area contributed by atoms with Gasteiger partial charge in [-0.25, -0.2) is 13.2 Å². The maximum Gasteiger partial charge on any atom is 0.416 e. The molecule has 1 amide bonds.